The summed E-state index contributed by atoms with van der Waals surface area (Å²) in [6, 6.07) is 0. The van der Waals surface area contributed by atoms with E-state index in [1.54, 1.807) is 7.11 Å². The Hall–Kier alpha value is -0.0800. The predicted octanol–water partition coefficient (Wildman–Crippen LogP) is 2.07. The minimum Gasteiger partial charge on any atom is -0.396 e. The summed E-state index contributed by atoms with van der Waals surface area (Å²) in [6.07, 6.45) is 0.0787. The third-order valence-electron chi connectivity index (χ3n) is 2.14. The summed E-state index contributed by atoms with van der Waals surface area (Å²) in [5.41, 5.74) is -0.103. The molecule has 0 spiro atoms. The van der Waals surface area contributed by atoms with Crippen molar-refractivity contribution in [2.75, 3.05) is 13.7 Å². The highest BCUT2D eigenvalue weighted by Gasteiger charge is 2.37. The average Bonchev–Trinajstić information content (AvgIpc) is 1.85. The van der Waals surface area contributed by atoms with Crippen LogP contribution in [0.15, 0.2) is 0 Å². The van der Waals surface area contributed by atoms with Gasteiger partial charge in [0.05, 0.1) is 12.7 Å². The summed E-state index contributed by atoms with van der Waals surface area (Å²) in [4.78, 5) is 0. The third-order valence-corrected chi connectivity index (χ3v) is 2.14. The lowest BCUT2D eigenvalue weighted by Gasteiger charge is -2.40. The molecule has 0 saturated carbocycles. The smallest absolute Gasteiger partial charge is 0.0692 e. The fourth-order valence-electron chi connectivity index (χ4n) is 1.93. The van der Waals surface area contributed by atoms with Crippen molar-refractivity contribution in [3.63, 3.8) is 0 Å². The van der Waals surface area contributed by atoms with E-state index in [-0.39, 0.29) is 23.5 Å². The highest BCUT2D eigenvalue weighted by molar-refractivity contribution is 4.87. The highest BCUT2D eigenvalue weighted by atomic mass is 16.5. The standard InChI is InChI=1S/C10H22O2/c1-9(2,3)8(12-6)10(4,5)7-11/h8,11H,7H2,1-6H3/t8-/m1/s1. The van der Waals surface area contributed by atoms with Crippen molar-refractivity contribution in [3.8, 4) is 0 Å². The zero-order valence-electron chi connectivity index (χ0n) is 9.14. The molecule has 0 aliphatic heterocycles. The van der Waals surface area contributed by atoms with Crippen LogP contribution in [0.2, 0.25) is 0 Å². The van der Waals surface area contributed by atoms with Crippen molar-refractivity contribution in [2.24, 2.45) is 10.8 Å². The van der Waals surface area contributed by atoms with E-state index in [4.69, 9.17) is 4.74 Å². The maximum Gasteiger partial charge on any atom is 0.0692 e. The molecule has 0 unspecified atom stereocenters. The SMILES string of the molecule is CO[C@H](C(C)(C)C)C(C)(C)CO. The van der Waals surface area contributed by atoms with Crippen LogP contribution in [0.4, 0.5) is 0 Å². The van der Waals surface area contributed by atoms with Crippen LogP contribution in [0.3, 0.4) is 0 Å². The van der Waals surface area contributed by atoms with Gasteiger partial charge in [0.15, 0.2) is 0 Å². The Morgan fingerprint density at radius 2 is 1.58 bits per heavy atom. The van der Waals surface area contributed by atoms with E-state index in [2.05, 4.69) is 20.8 Å². The van der Waals surface area contributed by atoms with Crippen molar-refractivity contribution in [3.05, 3.63) is 0 Å². The van der Waals surface area contributed by atoms with Crippen LogP contribution in [-0.4, -0.2) is 24.9 Å². The zero-order valence-corrected chi connectivity index (χ0v) is 9.14. The number of aliphatic hydroxyl groups is 1. The molecule has 0 aliphatic rings. The third kappa shape index (κ3) is 2.76. The monoisotopic (exact) mass is 174 g/mol. The lowest BCUT2D eigenvalue weighted by Crippen LogP contribution is -2.43. The Balaban J connectivity index is 4.56. The molecular weight excluding hydrogens is 152 g/mol. The summed E-state index contributed by atoms with van der Waals surface area (Å²) in [5.74, 6) is 0. The van der Waals surface area contributed by atoms with Gasteiger partial charge in [-0.25, -0.2) is 0 Å². The molecule has 0 aromatic rings. The summed E-state index contributed by atoms with van der Waals surface area (Å²) in [7, 11) is 1.70. The van der Waals surface area contributed by atoms with Gasteiger partial charge < -0.3 is 9.84 Å². The Morgan fingerprint density at radius 1 is 1.17 bits per heavy atom. The molecule has 0 amide bonds. The Bertz CT molecular complexity index is 133. The number of aliphatic hydroxyl groups excluding tert-OH is 1. The molecule has 0 fully saturated rings. The van der Waals surface area contributed by atoms with E-state index in [0.29, 0.717) is 0 Å². The molecule has 0 rings (SSSR count). The lowest BCUT2D eigenvalue weighted by atomic mass is 9.73. The zero-order chi connectivity index (χ0) is 9.99. The summed E-state index contributed by atoms with van der Waals surface area (Å²) >= 11 is 0. The van der Waals surface area contributed by atoms with Crippen molar-refractivity contribution in [1.29, 1.82) is 0 Å². The fraction of sp³-hybridized carbons (Fsp3) is 1.00. The van der Waals surface area contributed by atoms with Gasteiger partial charge in [0.1, 0.15) is 0 Å². The second-order valence-corrected chi connectivity index (χ2v) is 5.13. The normalized spacial score (nSPS) is 16.2. The Labute approximate surface area is 75.9 Å². The molecule has 0 aliphatic carbocycles. The quantitative estimate of drug-likeness (QED) is 0.709. The summed E-state index contributed by atoms with van der Waals surface area (Å²) < 4.78 is 5.41. The molecule has 2 heteroatoms. The molecule has 0 saturated heterocycles. The molecule has 0 radical (unpaired) electrons. The van der Waals surface area contributed by atoms with Gasteiger partial charge in [0, 0.05) is 12.5 Å². The molecule has 0 bridgehead atoms. The van der Waals surface area contributed by atoms with Gasteiger partial charge in [-0.1, -0.05) is 34.6 Å². The van der Waals surface area contributed by atoms with Crippen LogP contribution < -0.4 is 0 Å². The van der Waals surface area contributed by atoms with Crippen molar-refractivity contribution >= 4 is 0 Å². The maximum atomic E-state index is 9.18. The van der Waals surface area contributed by atoms with E-state index < -0.39 is 0 Å². The molecule has 0 aromatic carbocycles. The number of hydrogen-bond acceptors (Lipinski definition) is 2. The molecule has 1 N–H and O–H groups in total. The fourth-order valence-corrected chi connectivity index (χ4v) is 1.93. The van der Waals surface area contributed by atoms with Crippen LogP contribution in [0, 0.1) is 10.8 Å². The van der Waals surface area contributed by atoms with E-state index in [9.17, 15) is 5.11 Å². The summed E-state index contributed by atoms with van der Waals surface area (Å²) in [6.45, 7) is 10.6. The first-order chi connectivity index (χ1) is 5.25. The van der Waals surface area contributed by atoms with Crippen molar-refractivity contribution < 1.29 is 9.84 Å². The number of methoxy groups -OCH3 is 1. The molecule has 1 atom stereocenters. The van der Waals surface area contributed by atoms with E-state index in [0.717, 1.165) is 0 Å². The second kappa shape index (κ2) is 3.75. The number of ether oxygens (including phenoxy) is 1. The number of rotatable bonds is 3. The van der Waals surface area contributed by atoms with Crippen LogP contribution in [0.5, 0.6) is 0 Å². The Morgan fingerprint density at radius 3 is 1.67 bits per heavy atom. The minimum atomic E-state index is -0.174. The van der Waals surface area contributed by atoms with E-state index in [1.807, 2.05) is 13.8 Å². The van der Waals surface area contributed by atoms with Gasteiger partial charge in [0.25, 0.3) is 0 Å². The molecule has 12 heavy (non-hydrogen) atoms. The highest BCUT2D eigenvalue weighted by Crippen LogP contribution is 2.35. The van der Waals surface area contributed by atoms with Crippen LogP contribution in [0.1, 0.15) is 34.6 Å². The first kappa shape index (κ1) is 11.9. The van der Waals surface area contributed by atoms with Gasteiger partial charge in [-0.2, -0.15) is 0 Å². The molecule has 0 aromatic heterocycles. The molecule has 0 heterocycles. The van der Waals surface area contributed by atoms with Gasteiger partial charge in [-0.15, -0.1) is 0 Å². The van der Waals surface area contributed by atoms with Crippen molar-refractivity contribution in [1.82, 2.24) is 0 Å². The largest absolute Gasteiger partial charge is 0.396 e. The van der Waals surface area contributed by atoms with Crippen LogP contribution >= 0.6 is 0 Å². The predicted molar refractivity (Wildman–Crippen MR) is 51.1 cm³/mol. The van der Waals surface area contributed by atoms with Gasteiger partial charge in [-0.3, -0.25) is 0 Å². The maximum absolute atomic E-state index is 9.18. The van der Waals surface area contributed by atoms with E-state index >= 15 is 0 Å². The molecule has 74 valence electrons. The van der Waals surface area contributed by atoms with Crippen LogP contribution in [0.25, 0.3) is 0 Å². The topological polar surface area (TPSA) is 29.5 Å². The van der Waals surface area contributed by atoms with Gasteiger partial charge in [-0.05, 0) is 5.41 Å². The minimum absolute atomic E-state index is 0.0704. The summed E-state index contributed by atoms with van der Waals surface area (Å²) in [5, 5.41) is 9.18. The van der Waals surface area contributed by atoms with Gasteiger partial charge >= 0.3 is 0 Å². The Kier molecular flexibility index (Phi) is 3.73. The second-order valence-electron chi connectivity index (χ2n) is 5.13. The van der Waals surface area contributed by atoms with Gasteiger partial charge in [0.2, 0.25) is 0 Å². The first-order valence-corrected chi connectivity index (χ1v) is 4.39. The molecule has 2 nitrogen and oxygen atoms in total. The van der Waals surface area contributed by atoms with Crippen molar-refractivity contribution in [2.45, 2.75) is 40.7 Å². The lowest BCUT2D eigenvalue weighted by molar-refractivity contribution is -0.0835. The molecular formula is C10H22O2. The first-order valence-electron chi connectivity index (χ1n) is 4.39. The number of hydrogen-bond donors (Lipinski definition) is 1. The van der Waals surface area contributed by atoms with E-state index in [1.165, 1.54) is 0 Å². The van der Waals surface area contributed by atoms with Crippen LogP contribution in [-0.2, 0) is 4.74 Å². The average molecular weight is 174 g/mol.